The minimum atomic E-state index is -0.0614. The Labute approximate surface area is 100 Å². The van der Waals surface area contributed by atoms with Crippen molar-refractivity contribution in [2.45, 2.75) is 57.9 Å². The van der Waals surface area contributed by atoms with Crippen molar-refractivity contribution in [3.63, 3.8) is 0 Å². The minimum Gasteiger partial charge on any atom is -0.325 e. The van der Waals surface area contributed by atoms with Gasteiger partial charge in [-0.25, -0.2) is 0 Å². The van der Waals surface area contributed by atoms with Crippen LogP contribution in [0.15, 0.2) is 30.3 Å². The summed E-state index contributed by atoms with van der Waals surface area (Å²) in [6.07, 6.45) is 3.26. The molecule has 1 heteroatoms. The molecule has 0 unspecified atom stereocenters. The van der Waals surface area contributed by atoms with Crippen LogP contribution >= 0.6 is 0 Å². The van der Waals surface area contributed by atoms with Crippen LogP contribution in [0.1, 0.15) is 52.5 Å². The lowest BCUT2D eigenvalue weighted by molar-refractivity contribution is 0.308. The Morgan fingerprint density at radius 2 is 1.62 bits per heavy atom. The van der Waals surface area contributed by atoms with Gasteiger partial charge in [-0.2, -0.15) is 0 Å². The highest BCUT2D eigenvalue weighted by Gasteiger charge is 2.29. The Kier molecular flexibility index (Phi) is 4.15. The van der Waals surface area contributed by atoms with Gasteiger partial charge in [-0.15, -0.1) is 0 Å². The summed E-state index contributed by atoms with van der Waals surface area (Å²) < 4.78 is 0. The van der Waals surface area contributed by atoms with Crippen molar-refractivity contribution >= 4 is 0 Å². The molecule has 0 heterocycles. The van der Waals surface area contributed by atoms with Gasteiger partial charge in [-0.05, 0) is 30.7 Å². The summed E-state index contributed by atoms with van der Waals surface area (Å²) in [4.78, 5) is 0. The molecule has 0 aliphatic carbocycles. The third-order valence-corrected chi connectivity index (χ3v) is 3.22. The van der Waals surface area contributed by atoms with E-state index in [4.69, 9.17) is 5.73 Å². The molecular formula is C15H25N. The number of benzene rings is 1. The summed E-state index contributed by atoms with van der Waals surface area (Å²) >= 11 is 0. The molecule has 0 saturated carbocycles. The molecule has 0 aliphatic heterocycles. The van der Waals surface area contributed by atoms with Gasteiger partial charge < -0.3 is 5.73 Å². The Bertz CT molecular complexity index is 311. The third-order valence-electron chi connectivity index (χ3n) is 3.22. The molecule has 0 aliphatic rings. The molecule has 1 rings (SSSR count). The minimum absolute atomic E-state index is 0.0614. The zero-order chi connectivity index (χ0) is 12.2. The molecular weight excluding hydrogens is 194 g/mol. The van der Waals surface area contributed by atoms with Crippen molar-refractivity contribution in [1.29, 1.82) is 0 Å². The molecule has 0 aromatic heterocycles. The predicted molar refractivity (Wildman–Crippen MR) is 71.6 cm³/mol. The molecule has 0 spiro atoms. The first kappa shape index (κ1) is 13.2. The Balaban J connectivity index is 2.79. The molecule has 1 nitrogen and oxygen atoms in total. The second kappa shape index (κ2) is 5.01. The Morgan fingerprint density at radius 3 is 2.12 bits per heavy atom. The molecule has 90 valence electrons. The van der Waals surface area contributed by atoms with Gasteiger partial charge >= 0.3 is 0 Å². The second-order valence-electron chi connectivity index (χ2n) is 5.83. The van der Waals surface area contributed by atoms with Gasteiger partial charge in [-0.3, -0.25) is 0 Å². The number of hydrogen-bond donors (Lipinski definition) is 1. The van der Waals surface area contributed by atoms with Crippen molar-refractivity contribution in [2.24, 2.45) is 5.73 Å². The molecule has 1 atom stereocenters. The van der Waals surface area contributed by atoms with Crippen molar-refractivity contribution in [3.05, 3.63) is 35.9 Å². The fraction of sp³-hybridized carbons (Fsp3) is 0.600. The molecule has 1 aromatic rings. The summed E-state index contributed by atoms with van der Waals surface area (Å²) in [5, 5.41) is 0. The standard InChI is InChI=1S/C15H25N/c1-5-11-15(4,16)12-14(2,3)13-9-7-6-8-10-13/h6-10H,5,11-12,16H2,1-4H3/t15-/m0/s1. The van der Waals surface area contributed by atoms with E-state index in [0.29, 0.717) is 0 Å². The largest absolute Gasteiger partial charge is 0.325 e. The van der Waals surface area contributed by atoms with Crippen LogP contribution in [0.25, 0.3) is 0 Å². The zero-order valence-corrected chi connectivity index (χ0v) is 11.1. The van der Waals surface area contributed by atoms with E-state index in [2.05, 4.69) is 58.0 Å². The van der Waals surface area contributed by atoms with Crippen molar-refractivity contribution in [3.8, 4) is 0 Å². The number of nitrogens with two attached hydrogens (primary N) is 1. The first-order chi connectivity index (χ1) is 7.37. The lowest BCUT2D eigenvalue weighted by Crippen LogP contribution is -2.42. The molecule has 0 amide bonds. The van der Waals surface area contributed by atoms with E-state index in [1.165, 1.54) is 5.56 Å². The topological polar surface area (TPSA) is 26.0 Å². The van der Waals surface area contributed by atoms with E-state index in [-0.39, 0.29) is 11.0 Å². The predicted octanol–water partition coefficient (Wildman–Crippen LogP) is 3.87. The maximum absolute atomic E-state index is 6.35. The van der Waals surface area contributed by atoms with Crippen LogP contribution in [0.5, 0.6) is 0 Å². The zero-order valence-electron chi connectivity index (χ0n) is 11.1. The lowest BCUT2D eigenvalue weighted by atomic mass is 9.73. The highest BCUT2D eigenvalue weighted by atomic mass is 14.7. The van der Waals surface area contributed by atoms with E-state index in [1.54, 1.807) is 0 Å². The molecule has 2 N–H and O–H groups in total. The Morgan fingerprint density at radius 1 is 1.06 bits per heavy atom. The lowest BCUT2D eigenvalue weighted by Gasteiger charge is -2.35. The number of hydrogen-bond acceptors (Lipinski definition) is 1. The van der Waals surface area contributed by atoms with Gasteiger partial charge in [0.1, 0.15) is 0 Å². The van der Waals surface area contributed by atoms with Crippen LogP contribution in [-0.2, 0) is 5.41 Å². The second-order valence-corrected chi connectivity index (χ2v) is 5.83. The average Bonchev–Trinajstić information content (AvgIpc) is 2.17. The van der Waals surface area contributed by atoms with Gasteiger partial charge in [0.25, 0.3) is 0 Å². The maximum atomic E-state index is 6.35. The van der Waals surface area contributed by atoms with Crippen LogP contribution in [-0.4, -0.2) is 5.54 Å². The number of rotatable bonds is 5. The van der Waals surface area contributed by atoms with Crippen molar-refractivity contribution in [2.75, 3.05) is 0 Å². The third kappa shape index (κ3) is 3.64. The molecule has 16 heavy (non-hydrogen) atoms. The normalized spacial score (nSPS) is 15.8. The van der Waals surface area contributed by atoms with Crippen LogP contribution < -0.4 is 5.73 Å². The molecule has 0 bridgehead atoms. The fourth-order valence-corrected chi connectivity index (χ4v) is 2.66. The fourth-order valence-electron chi connectivity index (χ4n) is 2.66. The van der Waals surface area contributed by atoms with Gasteiger partial charge in [0, 0.05) is 5.54 Å². The van der Waals surface area contributed by atoms with Gasteiger partial charge in [0.05, 0.1) is 0 Å². The van der Waals surface area contributed by atoms with Gasteiger partial charge in [0.2, 0.25) is 0 Å². The highest BCUT2D eigenvalue weighted by Crippen LogP contribution is 2.32. The Hall–Kier alpha value is -0.820. The quantitative estimate of drug-likeness (QED) is 0.799. The van der Waals surface area contributed by atoms with E-state index in [1.807, 2.05) is 0 Å². The van der Waals surface area contributed by atoms with E-state index in [0.717, 1.165) is 19.3 Å². The van der Waals surface area contributed by atoms with Crippen LogP contribution in [0.3, 0.4) is 0 Å². The molecule has 1 aromatic carbocycles. The first-order valence-electron chi connectivity index (χ1n) is 6.22. The monoisotopic (exact) mass is 219 g/mol. The summed E-state index contributed by atoms with van der Waals surface area (Å²) in [5.41, 5.74) is 7.82. The van der Waals surface area contributed by atoms with Crippen LogP contribution in [0, 0.1) is 0 Å². The van der Waals surface area contributed by atoms with Crippen molar-refractivity contribution in [1.82, 2.24) is 0 Å². The summed E-state index contributed by atoms with van der Waals surface area (Å²) in [7, 11) is 0. The van der Waals surface area contributed by atoms with Crippen LogP contribution in [0.2, 0.25) is 0 Å². The highest BCUT2D eigenvalue weighted by molar-refractivity contribution is 5.24. The molecule has 0 saturated heterocycles. The summed E-state index contributed by atoms with van der Waals surface area (Å²) in [6.45, 7) is 8.92. The smallest absolute Gasteiger partial charge is 0.0134 e. The van der Waals surface area contributed by atoms with Crippen LogP contribution in [0.4, 0.5) is 0 Å². The van der Waals surface area contributed by atoms with Crippen molar-refractivity contribution < 1.29 is 0 Å². The SMILES string of the molecule is CCC[C@](C)(N)CC(C)(C)c1ccccc1. The van der Waals surface area contributed by atoms with E-state index in [9.17, 15) is 0 Å². The van der Waals surface area contributed by atoms with Gasteiger partial charge in [-0.1, -0.05) is 57.5 Å². The molecule has 0 fully saturated rings. The first-order valence-corrected chi connectivity index (χ1v) is 6.22. The summed E-state index contributed by atoms with van der Waals surface area (Å²) in [6, 6.07) is 10.7. The molecule has 0 radical (unpaired) electrons. The van der Waals surface area contributed by atoms with E-state index < -0.39 is 0 Å². The average molecular weight is 219 g/mol. The maximum Gasteiger partial charge on any atom is 0.0134 e. The van der Waals surface area contributed by atoms with E-state index >= 15 is 0 Å². The summed E-state index contributed by atoms with van der Waals surface area (Å²) in [5.74, 6) is 0. The van der Waals surface area contributed by atoms with Gasteiger partial charge in [0.15, 0.2) is 0 Å².